The summed E-state index contributed by atoms with van der Waals surface area (Å²) in [5.74, 6) is 2.00. The summed E-state index contributed by atoms with van der Waals surface area (Å²) in [5, 5.41) is 51.9. The summed E-state index contributed by atoms with van der Waals surface area (Å²) in [6.07, 6.45) is 2.80. The van der Waals surface area contributed by atoms with Crippen LogP contribution in [0.2, 0.25) is 0 Å². The van der Waals surface area contributed by atoms with Crippen LogP contribution in [0.5, 0.6) is 0 Å². The van der Waals surface area contributed by atoms with Gasteiger partial charge in [-0.05, 0) is 73.8 Å². The molecule has 0 fully saturated rings. The molecule has 3 aromatic heterocycles. The van der Waals surface area contributed by atoms with Crippen molar-refractivity contribution in [2.75, 3.05) is 82.4 Å². The van der Waals surface area contributed by atoms with Crippen LogP contribution in [0.1, 0.15) is 45.7 Å². The number of carbonyl (C=O) groups is 5. The van der Waals surface area contributed by atoms with Crippen LogP contribution >= 0.6 is 7.92 Å². The Labute approximate surface area is 554 Å². The summed E-state index contributed by atoms with van der Waals surface area (Å²) in [6.45, 7) is 0.972. The number of carboxylic acids is 2. The van der Waals surface area contributed by atoms with Gasteiger partial charge in [0.2, 0.25) is 11.9 Å². The molecule has 0 bridgehead atoms. The molecule has 29 nitrogen and oxygen atoms in total. The maximum Gasteiger partial charge on any atom is 1.00 e. The summed E-state index contributed by atoms with van der Waals surface area (Å²) >= 11 is 0. The van der Waals surface area contributed by atoms with Gasteiger partial charge in [0.1, 0.15) is 22.0 Å². The maximum atomic E-state index is 12.7. The zero-order chi connectivity index (χ0) is 63.9. The Bertz CT molecular complexity index is 3500. The van der Waals surface area contributed by atoms with Crippen molar-refractivity contribution in [3.63, 3.8) is 0 Å². The number of anilines is 3. The zero-order valence-corrected chi connectivity index (χ0v) is 54.3. The van der Waals surface area contributed by atoms with Crippen LogP contribution in [0.15, 0.2) is 143 Å². The van der Waals surface area contributed by atoms with Gasteiger partial charge >= 0.3 is 41.5 Å². The average Bonchev–Trinajstić information content (AvgIpc) is 1.17. The minimum absolute atomic E-state index is 0. The number of pyridine rings is 1. The molecule has 477 valence electrons. The predicted octanol–water partition coefficient (Wildman–Crippen LogP) is -2.94. The smallest absolute Gasteiger partial charge is 0.744 e. The number of carboxylic acid groups (broad SMARTS) is 2. The average molecular weight is 1380 g/mol. The maximum absolute atomic E-state index is 12.7. The monoisotopic (exact) mass is 1380 g/mol. The number of aliphatic hydroxyl groups excluding tert-OH is 2. The second kappa shape index (κ2) is 40.5. The predicted molar refractivity (Wildman–Crippen MR) is 325 cm³/mol. The van der Waals surface area contributed by atoms with Gasteiger partial charge in [0, 0.05) is 75.6 Å². The number of aliphatic carboxylic acids is 2. The fraction of sp³-hybridized carbons (Fsp3) is 0.281. The number of aromatic amines is 1. The van der Waals surface area contributed by atoms with E-state index in [1.807, 2.05) is 60.7 Å². The number of hydrazine groups is 1. The van der Waals surface area contributed by atoms with Crippen molar-refractivity contribution in [2.24, 2.45) is 5.84 Å². The van der Waals surface area contributed by atoms with Crippen LogP contribution in [-0.4, -0.2) is 165 Å². The van der Waals surface area contributed by atoms with Gasteiger partial charge in [0.25, 0.3) is 17.4 Å². The van der Waals surface area contributed by atoms with Crippen molar-refractivity contribution in [1.82, 2.24) is 46.2 Å². The molecule has 1 radical (unpaired) electrons. The molecule has 7 aromatic rings. The number of aromatic nitrogens is 5. The van der Waals surface area contributed by atoms with Crippen molar-refractivity contribution < 1.29 is 121 Å². The van der Waals surface area contributed by atoms with Gasteiger partial charge in [0.05, 0.1) is 74.0 Å². The Kier molecular flexibility index (Phi) is 34.6. The number of benzene rings is 4. The number of carbonyl (C=O) groups excluding carboxylic acids is 3. The van der Waals surface area contributed by atoms with Gasteiger partial charge in [-0.1, -0.05) is 78.9 Å². The van der Waals surface area contributed by atoms with E-state index in [9.17, 15) is 46.8 Å². The molecule has 90 heavy (non-hydrogen) atoms. The Balaban J connectivity index is 0.000000444. The molecule has 2 unspecified atom stereocenters. The number of aliphatic hydroxyl groups is 2. The summed E-state index contributed by atoms with van der Waals surface area (Å²) in [5.41, 5.74) is 8.33. The molecule has 7 rings (SSSR count). The van der Waals surface area contributed by atoms with Crippen LogP contribution in [0.3, 0.4) is 0 Å². The molecule has 3 amide bonds. The second-order valence-corrected chi connectivity index (χ2v) is 22.2. The van der Waals surface area contributed by atoms with E-state index in [-0.39, 0.29) is 168 Å². The third kappa shape index (κ3) is 25.9. The van der Waals surface area contributed by atoms with E-state index in [1.54, 1.807) is 42.5 Å². The fourth-order valence-corrected chi connectivity index (χ4v) is 11.4. The number of nitrogens with two attached hydrogens (primary N) is 2. The first-order chi connectivity index (χ1) is 42.3. The molecule has 0 aliphatic heterocycles. The van der Waals surface area contributed by atoms with E-state index in [0.29, 0.717) is 34.6 Å². The molecule has 0 aliphatic rings. The Morgan fingerprint density at radius 2 is 1.39 bits per heavy atom. The molecular weight excluding hydrogens is 1310 g/mol. The molecular formula is C57H68N13NaO16PSTc-. The quantitative estimate of drug-likeness (QED) is 0.00382. The number of ether oxygens (including phenoxy) is 3. The summed E-state index contributed by atoms with van der Waals surface area (Å²) in [4.78, 5) is 89.6. The van der Waals surface area contributed by atoms with E-state index in [1.165, 1.54) is 30.6 Å². The Hall–Kier alpha value is -7.29. The molecule has 0 aliphatic carbocycles. The van der Waals surface area contributed by atoms with Crippen molar-refractivity contribution in [3.05, 3.63) is 168 Å². The van der Waals surface area contributed by atoms with Crippen LogP contribution < -0.4 is 94.6 Å². The Morgan fingerprint density at radius 3 is 1.94 bits per heavy atom. The van der Waals surface area contributed by atoms with Gasteiger partial charge in [-0.15, -0.1) is 0 Å². The van der Waals surface area contributed by atoms with E-state index >= 15 is 0 Å². The molecule has 15 N–H and O–H groups in total. The van der Waals surface area contributed by atoms with Crippen molar-refractivity contribution in [1.29, 1.82) is 0 Å². The number of hydrogen-bond donors (Lipinski definition) is 13. The molecule has 33 heteroatoms. The third-order valence-electron chi connectivity index (χ3n) is 12.3. The van der Waals surface area contributed by atoms with Crippen molar-refractivity contribution in [2.45, 2.75) is 42.3 Å². The standard InChI is InChI=1S/C31H38N12O8.C18H15O3PS.C8H16NO5.Na.Tc/c32-31-41-26-25(29(47)42-31)39-21(17-38-26)16-36-20-4-1-18(2-5-20)28(46)40-22(30(48)49)6-8-24(44)34-9-11-50-13-14-51-12-10-35-27(45)19-3-7-23(43-33)37-15-19;19-23(20,21)18-14-8-7-13-17(18)22(15-9-3-1-4-10-15)16-11-5-2-6-12-16;1-14-6-8(5-11,2-3-10)9-4-7(12)13;;/h1-5,7,15,17,22,36H,6,8-14,16,33H2,(H,34,44)(H,35,45)(H,37,43)(H,40,46)(H,48,49)(H3,32,38,41,42,47);1-14H,(H,19,20,21);9-11H,1-6H2,(H,12,13);;/q;;-1;+1;/p-1/i;;;;1+1. The molecule has 0 saturated heterocycles. The van der Waals surface area contributed by atoms with E-state index in [4.69, 9.17) is 36.4 Å². The van der Waals surface area contributed by atoms with Crippen LogP contribution in [0, 0.1) is 7.11 Å². The van der Waals surface area contributed by atoms with Crippen LogP contribution in [0.4, 0.5) is 17.5 Å². The summed E-state index contributed by atoms with van der Waals surface area (Å²) in [7, 11) is -2.49. The Morgan fingerprint density at radius 1 is 0.778 bits per heavy atom. The number of hydrogen-bond acceptors (Lipinski definition) is 23. The number of amides is 3. The van der Waals surface area contributed by atoms with Crippen molar-refractivity contribution in [3.8, 4) is 0 Å². The molecule has 0 spiro atoms. The number of nitrogen functional groups attached to an aromatic ring is 2. The third-order valence-corrected chi connectivity index (χ3v) is 15.9. The first kappa shape index (κ1) is 77.0. The van der Waals surface area contributed by atoms with E-state index < -0.39 is 58.9 Å². The largest absolute Gasteiger partial charge is 1.00 e. The van der Waals surface area contributed by atoms with Gasteiger partial charge in [-0.25, -0.2) is 41.1 Å². The number of nitrogens with zero attached hydrogens (tertiary/aromatic N) is 4. The molecule has 3 heterocycles. The molecule has 2 atom stereocenters. The van der Waals surface area contributed by atoms with E-state index in [0.717, 1.165) is 10.6 Å². The zero-order valence-electron chi connectivity index (χ0n) is 48.8. The normalized spacial score (nSPS) is 11.8. The van der Waals surface area contributed by atoms with Gasteiger partial charge in [-0.2, -0.15) is 4.98 Å². The first-order valence-electron chi connectivity index (χ1n) is 26.8. The second-order valence-electron chi connectivity index (χ2n) is 18.7. The number of rotatable bonds is 32. The number of H-pyrrole nitrogens is 1. The first-order valence-corrected chi connectivity index (χ1v) is 29.6. The van der Waals surface area contributed by atoms with Gasteiger partial charge < -0.3 is 71.6 Å². The number of fused-ring (bicyclic) bond motifs is 1. The summed E-state index contributed by atoms with van der Waals surface area (Å²) < 4.78 is 50.4. The fourth-order valence-electron chi connectivity index (χ4n) is 7.89. The van der Waals surface area contributed by atoms with Crippen molar-refractivity contribution >= 4 is 92.2 Å². The summed E-state index contributed by atoms with van der Waals surface area (Å²) in [6, 6.07) is 34.0. The molecule has 0 saturated carbocycles. The van der Waals surface area contributed by atoms with Gasteiger partial charge in [-0.3, -0.25) is 34.3 Å². The minimum Gasteiger partial charge on any atom is -0.744 e. The SMILES string of the molecule is NNc1ccc(C(=O)NCCOCCOCCNC(=O)CCC(NC(=O)c2ccc(NCc3cnc4nc(N)[nH]c(=O)c4n3)cc2)C(=O)O)cn1.O=S(=O)([O-])c1ccccc1P(c1ccccc1)c1ccccc1.[99Tc].[CH2-]OCC(CO)(CCO)NCC(=O)O.[Na+]. The topological polar surface area (TPSA) is 460 Å². The van der Waals surface area contributed by atoms with Gasteiger partial charge in [0.15, 0.2) is 11.2 Å². The molecule has 4 aromatic carbocycles. The van der Waals surface area contributed by atoms with E-state index in [2.05, 4.69) is 68.8 Å². The van der Waals surface area contributed by atoms with Crippen LogP contribution in [-0.2, 0) is 65.4 Å². The minimum atomic E-state index is -4.53. The van der Waals surface area contributed by atoms with Crippen LogP contribution in [0.25, 0.3) is 11.2 Å². The number of nitrogens with one attached hydrogen (secondary N) is 7.